The highest BCUT2D eigenvalue weighted by atomic mass is 32.2. The van der Waals surface area contributed by atoms with Crippen LogP contribution in [0.5, 0.6) is 0 Å². The number of furan rings is 1. The molecule has 202 valence electrons. The predicted molar refractivity (Wildman–Crippen MR) is 143 cm³/mol. The molecule has 1 fully saturated rings. The van der Waals surface area contributed by atoms with Gasteiger partial charge in [0.25, 0.3) is 0 Å². The Hall–Kier alpha value is -3.83. The lowest BCUT2D eigenvalue weighted by Gasteiger charge is -2.34. The van der Waals surface area contributed by atoms with E-state index in [0.717, 1.165) is 49.1 Å². The van der Waals surface area contributed by atoms with E-state index < -0.39 is 11.7 Å². The second kappa shape index (κ2) is 11.9. The molecule has 7 nitrogen and oxygen atoms in total. The van der Waals surface area contributed by atoms with Gasteiger partial charge in [0, 0.05) is 32.7 Å². The van der Waals surface area contributed by atoms with E-state index in [1.807, 2.05) is 23.1 Å². The zero-order valence-corrected chi connectivity index (χ0v) is 21.7. The van der Waals surface area contributed by atoms with Gasteiger partial charge in [-0.2, -0.15) is 13.2 Å². The van der Waals surface area contributed by atoms with Crippen LogP contribution >= 0.6 is 11.8 Å². The number of aromatic nitrogens is 3. The van der Waals surface area contributed by atoms with Gasteiger partial charge in [-0.25, -0.2) is 0 Å². The molecule has 39 heavy (non-hydrogen) atoms. The number of hydrogen-bond donors (Lipinski definition) is 0. The van der Waals surface area contributed by atoms with Crippen molar-refractivity contribution in [2.45, 2.75) is 11.3 Å². The minimum atomic E-state index is -4.50. The Labute approximate surface area is 227 Å². The molecule has 0 N–H and O–H groups in total. The third kappa shape index (κ3) is 6.61. The Morgan fingerprint density at radius 3 is 2.49 bits per heavy atom. The lowest BCUT2D eigenvalue weighted by Crippen LogP contribution is -2.49. The molecular formula is C28H26F3N5O2S. The molecule has 4 aromatic rings. The van der Waals surface area contributed by atoms with Crippen molar-refractivity contribution in [3.63, 3.8) is 0 Å². The first-order chi connectivity index (χ1) is 18.9. The van der Waals surface area contributed by atoms with Gasteiger partial charge in [0.1, 0.15) is 0 Å². The Bertz CT molecular complexity index is 1410. The first kappa shape index (κ1) is 26.8. The Balaban J connectivity index is 1.23. The summed E-state index contributed by atoms with van der Waals surface area (Å²) in [5.41, 5.74) is 0.590. The van der Waals surface area contributed by atoms with Crippen molar-refractivity contribution in [3.8, 4) is 17.3 Å². The molecule has 0 atom stereocenters. The standard InChI is InChI=1S/C28H26F3N5O2S/c29-28(30,31)22-10-4-11-23(19-22)36-26(24-12-6-18-38-24)32-33-27(36)39-20-25(37)35-16-14-34(15-17-35)13-5-9-21-7-2-1-3-8-21/h1-12,18-19H,13-17,20H2/b9-5+. The Morgan fingerprint density at radius 1 is 0.974 bits per heavy atom. The van der Waals surface area contributed by atoms with Crippen LogP contribution in [0.3, 0.4) is 0 Å². The molecule has 1 saturated heterocycles. The summed E-state index contributed by atoms with van der Waals surface area (Å²) in [6.07, 6.45) is 1.16. The maximum atomic E-state index is 13.4. The highest BCUT2D eigenvalue weighted by Gasteiger charge is 2.31. The van der Waals surface area contributed by atoms with Crippen molar-refractivity contribution in [1.82, 2.24) is 24.6 Å². The van der Waals surface area contributed by atoms with Crippen molar-refractivity contribution in [2.75, 3.05) is 38.5 Å². The molecule has 1 aliphatic heterocycles. The monoisotopic (exact) mass is 553 g/mol. The van der Waals surface area contributed by atoms with Crippen LogP contribution in [0.2, 0.25) is 0 Å². The average Bonchev–Trinajstić information content (AvgIpc) is 3.62. The number of halogens is 3. The van der Waals surface area contributed by atoms with Crippen LogP contribution in [0, 0.1) is 0 Å². The fourth-order valence-electron chi connectivity index (χ4n) is 4.28. The third-order valence-corrected chi connectivity index (χ3v) is 7.24. The SMILES string of the molecule is O=C(CSc1nnc(-c2ccco2)n1-c1cccc(C(F)(F)F)c1)N1CCN(C/C=C/c2ccccc2)CC1. The predicted octanol–water partition coefficient (Wildman–Crippen LogP) is 5.50. The number of thioether (sulfide) groups is 1. The van der Waals surface area contributed by atoms with Gasteiger partial charge in [0.15, 0.2) is 10.9 Å². The fraction of sp³-hybridized carbons (Fsp3) is 0.250. The van der Waals surface area contributed by atoms with E-state index in [1.54, 1.807) is 18.2 Å². The summed E-state index contributed by atoms with van der Waals surface area (Å²) in [5.74, 6) is 0.642. The van der Waals surface area contributed by atoms with Gasteiger partial charge >= 0.3 is 6.18 Å². The maximum absolute atomic E-state index is 13.4. The number of carbonyl (C=O) groups excluding carboxylic acids is 1. The lowest BCUT2D eigenvalue weighted by atomic mass is 10.2. The zero-order chi connectivity index (χ0) is 27.2. The van der Waals surface area contributed by atoms with E-state index in [1.165, 1.54) is 16.9 Å². The topological polar surface area (TPSA) is 67.4 Å². The smallest absolute Gasteiger partial charge is 0.416 e. The number of carbonyl (C=O) groups is 1. The summed E-state index contributed by atoms with van der Waals surface area (Å²) in [6, 6.07) is 18.3. The molecule has 0 unspecified atom stereocenters. The molecule has 3 heterocycles. The van der Waals surface area contributed by atoms with Crippen LogP contribution in [0.25, 0.3) is 23.3 Å². The summed E-state index contributed by atoms with van der Waals surface area (Å²) in [5, 5.41) is 8.64. The van der Waals surface area contributed by atoms with Gasteiger partial charge < -0.3 is 9.32 Å². The quantitative estimate of drug-likeness (QED) is 0.269. The summed E-state index contributed by atoms with van der Waals surface area (Å²) < 4.78 is 47.1. The van der Waals surface area contributed by atoms with Gasteiger partial charge in [-0.3, -0.25) is 14.3 Å². The number of nitrogens with zero attached hydrogens (tertiary/aromatic N) is 5. The molecule has 2 aromatic heterocycles. The molecule has 1 aliphatic rings. The molecule has 0 saturated carbocycles. The first-order valence-corrected chi connectivity index (χ1v) is 13.4. The number of amides is 1. The summed E-state index contributed by atoms with van der Waals surface area (Å²) >= 11 is 1.14. The maximum Gasteiger partial charge on any atom is 0.416 e. The number of piperazine rings is 1. The molecule has 1 amide bonds. The van der Waals surface area contributed by atoms with Gasteiger partial charge in [0.05, 0.1) is 23.3 Å². The first-order valence-electron chi connectivity index (χ1n) is 12.4. The zero-order valence-electron chi connectivity index (χ0n) is 20.9. The van der Waals surface area contributed by atoms with Crippen LogP contribution in [-0.4, -0.2) is 68.9 Å². The van der Waals surface area contributed by atoms with Crippen LogP contribution in [-0.2, 0) is 11.0 Å². The van der Waals surface area contributed by atoms with Crippen molar-refractivity contribution in [1.29, 1.82) is 0 Å². The lowest BCUT2D eigenvalue weighted by molar-refractivity contribution is -0.137. The van der Waals surface area contributed by atoms with Crippen LogP contribution in [0.4, 0.5) is 13.2 Å². The highest BCUT2D eigenvalue weighted by molar-refractivity contribution is 7.99. The van der Waals surface area contributed by atoms with E-state index in [0.29, 0.717) is 24.0 Å². The van der Waals surface area contributed by atoms with Gasteiger partial charge in [-0.05, 0) is 35.9 Å². The van der Waals surface area contributed by atoms with Crippen molar-refractivity contribution in [2.24, 2.45) is 0 Å². The number of hydrogen-bond acceptors (Lipinski definition) is 6. The Kier molecular flexibility index (Phi) is 8.18. The number of alkyl halides is 3. The van der Waals surface area contributed by atoms with Crippen LogP contribution in [0.1, 0.15) is 11.1 Å². The average molecular weight is 554 g/mol. The molecule has 0 spiro atoms. The normalized spacial score (nSPS) is 14.8. The second-order valence-corrected chi connectivity index (χ2v) is 9.89. The Morgan fingerprint density at radius 2 is 1.77 bits per heavy atom. The van der Waals surface area contributed by atoms with E-state index in [-0.39, 0.29) is 23.2 Å². The summed E-state index contributed by atoms with van der Waals surface area (Å²) in [4.78, 5) is 17.1. The van der Waals surface area contributed by atoms with Crippen LogP contribution < -0.4 is 0 Å². The van der Waals surface area contributed by atoms with E-state index in [2.05, 4.69) is 39.4 Å². The fourth-order valence-corrected chi connectivity index (χ4v) is 5.14. The highest BCUT2D eigenvalue weighted by Crippen LogP contribution is 2.33. The molecule has 2 aromatic carbocycles. The minimum Gasteiger partial charge on any atom is -0.461 e. The summed E-state index contributed by atoms with van der Waals surface area (Å²) in [7, 11) is 0. The van der Waals surface area contributed by atoms with E-state index in [4.69, 9.17) is 4.42 Å². The van der Waals surface area contributed by atoms with Crippen molar-refractivity contribution >= 4 is 23.7 Å². The van der Waals surface area contributed by atoms with Crippen molar-refractivity contribution < 1.29 is 22.4 Å². The van der Waals surface area contributed by atoms with E-state index >= 15 is 0 Å². The number of rotatable bonds is 8. The largest absolute Gasteiger partial charge is 0.461 e. The van der Waals surface area contributed by atoms with Crippen molar-refractivity contribution in [3.05, 3.63) is 90.2 Å². The molecule has 0 radical (unpaired) electrons. The number of benzene rings is 2. The molecule has 11 heteroatoms. The molecule has 0 aliphatic carbocycles. The second-order valence-electron chi connectivity index (χ2n) is 8.95. The molecule has 0 bridgehead atoms. The van der Waals surface area contributed by atoms with Gasteiger partial charge in [0.2, 0.25) is 11.7 Å². The van der Waals surface area contributed by atoms with E-state index in [9.17, 15) is 18.0 Å². The van der Waals surface area contributed by atoms with Crippen LogP contribution in [0.15, 0.2) is 88.6 Å². The molecule has 5 rings (SSSR count). The van der Waals surface area contributed by atoms with Gasteiger partial charge in [-0.1, -0.05) is 60.3 Å². The minimum absolute atomic E-state index is 0.0578. The van der Waals surface area contributed by atoms with Gasteiger partial charge in [-0.15, -0.1) is 10.2 Å². The molecular weight excluding hydrogens is 527 g/mol. The third-order valence-electron chi connectivity index (χ3n) is 6.33. The summed E-state index contributed by atoms with van der Waals surface area (Å²) in [6.45, 7) is 3.55.